The molecular weight excluding hydrogens is 100 g/mol. The van der Waals surface area contributed by atoms with E-state index in [1.807, 2.05) is 6.92 Å². The fourth-order valence-electron chi connectivity index (χ4n) is 0.512. The molecule has 0 heterocycles. The van der Waals surface area contributed by atoms with E-state index in [1.54, 1.807) is 7.11 Å². The maximum absolute atomic E-state index is 4.85. The first-order chi connectivity index (χ1) is 3.91. The van der Waals surface area contributed by atoms with Crippen LogP contribution in [-0.2, 0) is 4.74 Å². The van der Waals surface area contributed by atoms with E-state index in [-0.39, 0.29) is 0 Å². The van der Waals surface area contributed by atoms with Gasteiger partial charge in [-0.05, 0) is 19.8 Å². The van der Waals surface area contributed by atoms with Gasteiger partial charge in [0.15, 0.2) is 0 Å². The normalized spacial score (nSPS) is 10.8. The Bertz CT molecular complexity index is 57.4. The van der Waals surface area contributed by atoms with Crippen molar-refractivity contribution in [2.45, 2.75) is 19.8 Å². The molecule has 1 heteroatoms. The van der Waals surface area contributed by atoms with E-state index in [1.165, 1.54) is 0 Å². The Morgan fingerprint density at radius 3 is 2.75 bits per heavy atom. The van der Waals surface area contributed by atoms with Crippen LogP contribution in [0, 0.1) is 0 Å². The maximum atomic E-state index is 4.85. The second-order valence-corrected chi connectivity index (χ2v) is 1.70. The van der Waals surface area contributed by atoms with Gasteiger partial charge in [0.05, 0.1) is 0 Å². The molecule has 0 aliphatic carbocycles. The summed E-state index contributed by atoms with van der Waals surface area (Å²) in [7, 11) is 1.73. The molecule has 1 nitrogen and oxygen atoms in total. The molecule has 48 valence electrons. The van der Waals surface area contributed by atoms with Gasteiger partial charge in [-0.3, -0.25) is 0 Å². The highest BCUT2D eigenvalue weighted by molar-refractivity contribution is 4.75. The minimum atomic E-state index is 0.879. The first-order valence-electron chi connectivity index (χ1n) is 3.02. The van der Waals surface area contributed by atoms with E-state index >= 15 is 0 Å². The van der Waals surface area contributed by atoms with Crippen LogP contribution >= 0.6 is 0 Å². The number of allylic oxidation sites excluding steroid dienone is 2. The minimum absolute atomic E-state index is 0.879. The Morgan fingerprint density at radius 2 is 2.25 bits per heavy atom. The molecule has 0 spiro atoms. The Balaban J connectivity index is 2.72. The zero-order valence-corrected chi connectivity index (χ0v) is 5.68. The predicted octanol–water partition coefficient (Wildman–Crippen LogP) is 1.99. The zero-order chi connectivity index (χ0) is 6.24. The van der Waals surface area contributed by atoms with Gasteiger partial charge in [0.2, 0.25) is 0 Å². The summed E-state index contributed by atoms with van der Waals surface area (Å²) in [6.07, 6.45) is 6.50. The Morgan fingerprint density at radius 1 is 1.50 bits per heavy atom. The van der Waals surface area contributed by atoms with Gasteiger partial charge < -0.3 is 4.74 Å². The lowest BCUT2D eigenvalue weighted by Gasteiger charge is -1.91. The lowest BCUT2D eigenvalue weighted by atomic mass is 10.3. The van der Waals surface area contributed by atoms with Crippen LogP contribution in [0.4, 0.5) is 0 Å². The summed E-state index contributed by atoms with van der Waals surface area (Å²) in [5.74, 6) is 0. The van der Waals surface area contributed by atoms with Gasteiger partial charge >= 0.3 is 0 Å². The van der Waals surface area contributed by atoms with E-state index in [0.29, 0.717) is 0 Å². The van der Waals surface area contributed by atoms with Gasteiger partial charge in [0.25, 0.3) is 0 Å². The van der Waals surface area contributed by atoms with Crippen molar-refractivity contribution < 1.29 is 4.74 Å². The van der Waals surface area contributed by atoms with E-state index in [4.69, 9.17) is 4.74 Å². The van der Waals surface area contributed by atoms with E-state index in [9.17, 15) is 0 Å². The fraction of sp³-hybridized carbons (Fsp3) is 0.714. The van der Waals surface area contributed by atoms with Crippen molar-refractivity contribution in [1.29, 1.82) is 0 Å². The van der Waals surface area contributed by atoms with Gasteiger partial charge in [-0.2, -0.15) is 0 Å². The third kappa shape index (κ3) is 5.70. The molecule has 0 radical (unpaired) electrons. The van der Waals surface area contributed by atoms with Crippen LogP contribution in [-0.4, -0.2) is 13.7 Å². The number of hydrogen-bond acceptors (Lipinski definition) is 1. The number of ether oxygens (including phenoxy) is 1. The van der Waals surface area contributed by atoms with Crippen LogP contribution in [0.15, 0.2) is 12.2 Å². The molecule has 0 atom stereocenters. The van der Waals surface area contributed by atoms with Crippen LogP contribution in [0.3, 0.4) is 0 Å². The van der Waals surface area contributed by atoms with Crippen LogP contribution in [0.25, 0.3) is 0 Å². The van der Waals surface area contributed by atoms with Crippen molar-refractivity contribution in [2.75, 3.05) is 13.7 Å². The van der Waals surface area contributed by atoms with E-state index < -0.39 is 0 Å². The molecule has 0 aliphatic rings. The lowest BCUT2D eigenvalue weighted by Crippen LogP contribution is -1.85. The van der Waals surface area contributed by atoms with Gasteiger partial charge in [-0.1, -0.05) is 12.2 Å². The summed E-state index contributed by atoms with van der Waals surface area (Å²) in [6, 6.07) is 0. The molecule has 0 aromatic rings. The Hall–Kier alpha value is -0.300. The molecule has 0 N–H and O–H groups in total. The van der Waals surface area contributed by atoms with Crippen molar-refractivity contribution in [3.63, 3.8) is 0 Å². The van der Waals surface area contributed by atoms with Crippen molar-refractivity contribution in [3.05, 3.63) is 12.2 Å². The topological polar surface area (TPSA) is 9.23 Å². The summed E-state index contributed by atoms with van der Waals surface area (Å²) >= 11 is 0. The van der Waals surface area contributed by atoms with E-state index in [2.05, 4.69) is 12.2 Å². The molecule has 8 heavy (non-hydrogen) atoms. The summed E-state index contributed by atoms with van der Waals surface area (Å²) in [4.78, 5) is 0. The van der Waals surface area contributed by atoms with Crippen LogP contribution < -0.4 is 0 Å². The Labute approximate surface area is 51.4 Å². The highest BCUT2D eigenvalue weighted by Crippen LogP contribution is 1.89. The van der Waals surface area contributed by atoms with Crippen LogP contribution in [0.2, 0.25) is 0 Å². The van der Waals surface area contributed by atoms with Gasteiger partial charge in [0, 0.05) is 13.7 Å². The molecule has 0 saturated heterocycles. The molecule has 0 bridgehead atoms. The molecule has 0 unspecified atom stereocenters. The molecule has 0 aromatic heterocycles. The first kappa shape index (κ1) is 7.70. The highest BCUT2D eigenvalue weighted by atomic mass is 16.5. The fourth-order valence-corrected chi connectivity index (χ4v) is 0.512. The number of unbranched alkanes of at least 4 members (excludes halogenated alkanes) is 1. The second kappa shape index (κ2) is 6.70. The molecule has 0 aliphatic heterocycles. The molecule has 0 amide bonds. The minimum Gasteiger partial charge on any atom is -0.385 e. The SMILES string of the molecule is CC=CCCCOC. The average Bonchev–Trinajstić information content (AvgIpc) is 1.81. The Kier molecular flexibility index (Phi) is 6.45. The monoisotopic (exact) mass is 114 g/mol. The van der Waals surface area contributed by atoms with Gasteiger partial charge in [-0.15, -0.1) is 0 Å². The van der Waals surface area contributed by atoms with Crippen molar-refractivity contribution in [2.24, 2.45) is 0 Å². The average molecular weight is 114 g/mol. The number of hydrogen-bond donors (Lipinski definition) is 0. The smallest absolute Gasteiger partial charge is 0.0465 e. The number of rotatable bonds is 4. The second-order valence-electron chi connectivity index (χ2n) is 1.70. The zero-order valence-electron chi connectivity index (χ0n) is 5.68. The third-order valence-corrected chi connectivity index (χ3v) is 0.955. The summed E-state index contributed by atoms with van der Waals surface area (Å²) in [5, 5.41) is 0. The van der Waals surface area contributed by atoms with Crippen LogP contribution in [0.5, 0.6) is 0 Å². The summed E-state index contributed by atoms with van der Waals surface area (Å²) < 4.78 is 4.85. The highest BCUT2D eigenvalue weighted by Gasteiger charge is 1.78. The molecular formula is C7H14O. The quantitative estimate of drug-likeness (QED) is 0.401. The van der Waals surface area contributed by atoms with Crippen molar-refractivity contribution >= 4 is 0 Å². The largest absolute Gasteiger partial charge is 0.385 e. The standard InChI is InChI=1S/C7H14O/c1-3-4-5-6-7-8-2/h3-4H,5-7H2,1-2H3. The molecule has 0 saturated carbocycles. The van der Waals surface area contributed by atoms with Gasteiger partial charge in [0.1, 0.15) is 0 Å². The van der Waals surface area contributed by atoms with Crippen molar-refractivity contribution in [1.82, 2.24) is 0 Å². The van der Waals surface area contributed by atoms with Crippen LogP contribution in [0.1, 0.15) is 19.8 Å². The summed E-state index contributed by atoms with van der Waals surface area (Å²) in [5.41, 5.74) is 0. The molecule has 0 rings (SSSR count). The first-order valence-corrected chi connectivity index (χ1v) is 3.02. The number of methoxy groups -OCH3 is 1. The lowest BCUT2D eigenvalue weighted by molar-refractivity contribution is 0.196. The van der Waals surface area contributed by atoms with Crippen molar-refractivity contribution in [3.8, 4) is 0 Å². The summed E-state index contributed by atoms with van der Waals surface area (Å²) in [6.45, 7) is 2.91. The maximum Gasteiger partial charge on any atom is 0.0465 e. The van der Waals surface area contributed by atoms with Gasteiger partial charge in [-0.25, -0.2) is 0 Å². The third-order valence-electron chi connectivity index (χ3n) is 0.955. The molecule has 0 fully saturated rings. The predicted molar refractivity (Wildman–Crippen MR) is 35.9 cm³/mol. The molecule has 0 aromatic carbocycles. The van der Waals surface area contributed by atoms with E-state index in [0.717, 1.165) is 19.4 Å².